The summed E-state index contributed by atoms with van der Waals surface area (Å²) < 4.78 is 41.6. The van der Waals surface area contributed by atoms with Crippen LogP contribution in [0.25, 0.3) is 0 Å². The van der Waals surface area contributed by atoms with Crippen molar-refractivity contribution in [1.29, 1.82) is 0 Å². The van der Waals surface area contributed by atoms with Gasteiger partial charge in [-0.1, -0.05) is 12.1 Å². The Morgan fingerprint density at radius 1 is 1.11 bits per heavy atom. The molecule has 0 radical (unpaired) electrons. The number of benzene rings is 2. The lowest BCUT2D eigenvalue weighted by atomic mass is 10.2. The number of rotatable bonds is 7. The van der Waals surface area contributed by atoms with Crippen LogP contribution in [0, 0.1) is 5.82 Å². The van der Waals surface area contributed by atoms with Gasteiger partial charge in [-0.25, -0.2) is 12.8 Å². The number of nitrogens with one attached hydrogen (secondary N) is 2. The van der Waals surface area contributed by atoms with Crippen molar-refractivity contribution in [2.24, 2.45) is 4.99 Å². The highest BCUT2D eigenvalue weighted by molar-refractivity contribution is 14.0. The lowest BCUT2D eigenvalue weighted by Crippen LogP contribution is -2.41. The van der Waals surface area contributed by atoms with Crippen LogP contribution in [0.2, 0.25) is 0 Å². The topological polar surface area (TPSA) is 79.8 Å². The Morgan fingerprint density at radius 3 is 2.25 bits per heavy atom. The predicted octanol–water partition coefficient (Wildman–Crippen LogP) is 2.98. The molecule has 0 heterocycles. The second-order valence-corrected chi connectivity index (χ2v) is 8.12. The standard InChI is InChI=1S/C19H24FN3O3S.HI/c1-14(26-17-8-6-16(20)7-9-17)12-22-19(21-2)23-13-15-4-10-18(11-5-15)27(3,24)25;/h4-11,14H,12-13H2,1-3H3,(H2,21,22,23);1H. The molecule has 0 amide bonds. The summed E-state index contributed by atoms with van der Waals surface area (Å²) in [6.07, 6.45) is 1.03. The highest BCUT2D eigenvalue weighted by Crippen LogP contribution is 2.13. The van der Waals surface area contributed by atoms with Crippen LogP contribution in [0.4, 0.5) is 4.39 Å². The van der Waals surface area contributed by atoms with Gasteiger partial charge in [0, 0.05) is 19.8 Å². The number of hydrogen-bond donors (Lipinski definition) is 2. The molecule has 0 aliphatic rings. The van der Waals surface area contributed by atoms with E-state index in [9.17, 15) is 12.8 Å². The first kappa shape index (κ1) is 24.2. The number of hydrogen-bond acceptors (Lipinski definition) is 4. The summed E-state index contributed by atoms with van der Waals surface area (Å²) in [5, 5.41) is 6.31. The average Bonchev–Trinajstić information content (AvgIpc) is 2.63. The molecule has 0 saturated heterocycles. The van der Waals surface area contributed by atoms with Gasteiger partial charge in [-0.2, -0.15) is 0 Å². The van der Waals surface area contributed by atoms with Crippen molar-refractivity contribution in [1.82, 2.24) is 10.6 Å². The molecular weight excluding hydrogens is 496 g/mol. The molecule has 2 N–H and O–H groups in total. The molecule has 6 nitrogen and oxygen atoms in total. The van der Waals surface area contributed by atoms with Gasteiger partial charge in [0.05, 0.1) is 11.4 Å². The van der Waals surface area contributed by atoms with Crippen molar-refractivity contribution >= 4 is 39.8 Å². The summed E-state index contributed by atoms with van der Waals surface area (Å²) in [4.78, 5) is 4.44. The Hall–Kier alpha value is -1.88. The van der Waals surface area contributed by atoms with Gasteiger partial charge in [0.1, 0.15) is 17.7 Å². The van der Waals surface area contributed by atoms with Gasteiger partial charge in [0.15, 0.2) is 15.8 Å². The molecule has 28 heavy (non-hydrogen) atoms. The quantitative estimate of drug-likeness (QED) is 0.333. The molecule has 0 bridgehead atoms. The Labute approximate surface area is 182 Å². The maximum Gasteiger partial charge on any atom is 0.191 e. The van der Waals surface area contributed by atoms with E-state index in [1.165, 1.54) is 18.4 Å². The molecule has 0 aliphatic carbocycles. The zero-order valence-electron chi connectivity index (χ0n) is 16.0. The fourth-order valence-electron chi connectivity index (χ4n) is 2.29. The van der Waals surface area contributed by atoms with Crippen LogP contribution in [0.5, 0.6) is 5.75 Å². The van der Waals surface area contributed by atoms with Gasteiger partial charge in [0.25, 0.3) is 0 Å². The summed E-state index contributed by atoms with van der Waals surface area (Å²) in [6, 6.07) is 12.6. The summed E-state index contributed by atoms with van der Waals surface area (Å²) >= 11 is 0. The summed E-state index contributed by atoms with van der Waals surface area (Å²) in [7, 11) is -1.53. The maximum atomic E-state index is 12.9. The van der Waals surface area contributed by atoms with E-state index in [0.29, 0.717) is 29.7 Å². The van der Waals surface area contributed by atoms with E-state index in [-0.39, 0.29) is 35.9 Å². The van der Waals surface area contributed by atoms with E-state index < -0.39 is 9.84 Å². The molecule has 0 aromatic heterocycles. The smallest absolute Gasteiger partial charge is 0.191 e. The number of ether oxygens (including phenoxy) is 1. The van der Waals surface area contributed by atoms with Gasteiger partial charge < -0.3 is 15.4 Å². The molecule has 1 atom stereocenters. The Morgan fingerprint density at radius 2 is 1.71 bits per heavy atom. The van der Waals surface area contributed by atoms with Crippen LogP contribution < -0.4 is 15.4 Å². The minimum Gasteiger partial charge on any atom is -0.489 e. The number of halogens is 2. The number of sulfone groups is 1. The summed E-state index contributed by atoms with van der Waals surface area (Å²) in [6.45, 7) is 2.90. The molecule has 0 fully saturated rings. The monoisotopic (exact) mass is 521 g/mol. The average molecular weight is 521 g/mol. The van der Waals surface area contributed by atoms with Crippen molar-refractivity contribution in [3.05, 3.63) is 59.9 Å². The molecule has 154 valence electrons. The van der Waals surface area contributed by atoms with Crippen LogP contribution in [0.3, 0.4) is 0 Å². The van der Waals surface area contributed by atoms with Crippen LogP contribution in [0.15, 0.2) is 58.4 Å². The lowest BCUT2D eigenvalue weighted by Gasteiger charge is -2.18. The van der Waals surface area contributed by atoms with Crippen LogP contribution in [-0.4, -0.2) is 40.3 Å². The van der Waals surface area contributed by atoms with Gasteiger partial charge >= 0.3 is 0 Å². The van der Waals surface area contributed by atoms with E-state index in [4.69, 9.17) is 4.74 Å². The Kier molecular flexibility index (Phi) is 9.66. The lowest BCUT2D eigenvalue weighted by molar-refractivity contribution is 0.223. The maximum absolute atomic E-state index is 12.9. The van der Waals surface area contributed by atoms with Gasteiger partial charge in [0.2, 0.25) is 0 Å². The third kappa shape index (κ3) is 8.01. The van der Waals surface area contributed by atoms with Gasteiger partial charge in [-0.3, -0.25) is 4.99 Å². The molecule has 1 unspecified atom stereocenters. The zero-order chi connectivity index (χ0) is 19.9. The molecule has 0 aliphatic heterocycles. The van der Waals surface area contributed by atoms with E-state index in [1.807, 2.05) is 6.92 Å². The fourth-order valence-corrected chi connectivity index (χ4v) is 2.92. The molecule has 2 rings (SSSR count). The summed E-state index contributed by atoms with van der Waals surface area (Å²) in [5.74, 6) is 0.888. The molecule has 2 aromatic rings. The highest BCUT2D eigenvalue weighted by Gasteiger charge is 2.08. The SMILES string of the molecule is CN=C(NCc1ccc(S(C)(=O)=O)cc1)NCC(C)Oc1ccc(F)cc1.I. The van der Waals surface area contributed by atoms with Crippen molar-refractivity contribution in [2.75, 3.05) is 19.8 Å². The molecule has 2 aromatic carbocycles. The molecule has 9 heteroatoms. The van der Waals surface area contributed by atoms with Gasteiger partial charge in [-0.05, 0) is 48.9 Å². The third-order valence-corrected chi connectivity index (χ3v) is 4.87. The first-order valence-corrected chi connectivity index (χ1v) is 10.3. The van der Waals surface area contributed by atoms with Crippen molar-refractivity contribution in [3.63, 3.8) is 0 Å². The number of guanidine groups is 1. The fraction of sp³-hybridized carbons (Fsp3) is 0.316. The first-order chi connectivity index (χ1) is 12.8. The normalized spacial score (nSPS) is 12.6. The molecule has 0 spiro atoms. The van der Waals surface area contributed by atoms with Crippen LogP contribution in [0.1, 0.15) is 12.5 Å². The number of nitrogens with zero attached hydrogens (tertiary/aromatic N) is 1. The van der Waals surface area contributed by atoms with E-state index >= 15 is 0 Å². The molecule has 0 saturated carbocycles. The third-order valence-electron chi connectivity index (χ3n) is 3.74. The van der Waals surface area contributed by atoms with Crippen molar-refractivity contribution in [3.8, 4) is 5.75 Å². The van der Waals surface area contributed by atoms with Crippen molar-refractivity contribution in [2.45, 2.75) is 24.5 Å². The summed E-state index contributed by atoms with van der Waals surface area (Å²) in [5.41, 5.74) is 0.931. The first-order valence-electron chi connectivity index (χ1n) is 8.43. The molecular formula is C19H25FIN3O3S. The van der Waals surface area contributed by atoms with Crippen LogP contribution in [-0.2, 0) is 16.4 Å². The van der Waals surface area contributed by atoms with Gasteiger partial charge in [-0.15, -0.1) is 24.0 Å². The Bertz CT molecular complexity index is 872. The second-order valence-electron chi connectivity index (χ2n) is 6.11. The second kappa shape index (κ2) is 11.2. The zero-order valence-corrected chi connectivity index (χ0v) is 19.1. The minimum atomic E-state index is -3.19. The van der Waals surface area contributed by atoms with Crippen LogP contribution >= 0.6 is 24.0 Å². The number of aliphatic imine (C=N–C) groups is 1. The minimum absolute atomic E-state index is 0. The van der Waals surface area contributed by atoms with E-state index in [0.717, 1.165) is 5.56 Å². The van der Waals surface area contributed by atoms with E-state index in [2.05, 4.69) is 15.6 Å². The highest BCUT2D eigenvalue weighted by atomic mass is 127. The van der Waals surface area contributed by atoms with Crippen molar-refractivity contribution < 1.29 is 17.5 Å². The van der Waals surface area contributed by atoms with E-state index in [1.54, 1.807) is 43.4 Å². The Balaban J connectivity index is 0.00000392. The predicted molar refractivity (Wildman–Crippen MR) is 120 cm³/mol. The largest absolute Gasteiger partial charge is 0.489 e.